The fraction of sp³-hybridized carbons (Fsp3) is 0.278. The van der Waals surface area contributed by atoms with E-state index in [1.54, 1.807) is 12.1 Å². The highest BCUT2D eigenvalue weighted by Gasteiger charge is 2.08. The molecule has 0 aliphatic heterocycles. The maximum atomic E-state index is 8.85. The van der Waals surface area contributed by atoms with E-state index in [4.69, 9.17) is 16.9 Å². The molecule has 1 atom stereocenters. The number of hydrogen-bond donors (Lipinski definition) is 1. The summed E-state index contributed by atoms with van der Waals surface area (Å²) >= 11 is 6.19. The molecule has 2 aromatic rings. The topological polar surface area (TPSA) is 35.8 Å². The molecule has 1 N–H and O–H groups in total. The number of nitrogens with zero attached hydrogens (tertiary/aromatic N) is 1. The lowest BCUT2D eigenvalue weighted by molar-refractivity contribution is 0.876. The lowest BCUT2D eigenvalue weighted by Gasteiger charge is -2.17. The van der Waals surface area contributed by atoms with Gasteiger partial charge in [0.15, 0.2) is 0 Å². The van der Waals surface area contributed by atoms with Crippen molar-refractivity contribution in [2.24, 2.45) is 0 Å². The molecule has 0 aliphatic carbocycles. The Balaban J connectivity index is 2.10. The zero-order valence-electron chi connectivity index (χ0n) is 12.4. The molecule has 0 amide bonds. The second-order valence-corrected chi connectivity index (χ2v) is 5.57. The van der Waals surface area contributed by atoms with Crippen LogP contribution in [0.5, 0.6) is 0 Å². The summed E-state index contributed by atoms with van der Waals surface area (Å²) in [6, 6.07) is 16.2. The minimum Gasteiger partial charge on any atom is -0.377 e. The Bertz CT molecular complexity index is 641. The Kier molecular flexibility index (Phi) is 5.25. The third kappa shape index (κ3) is 4.00. The van der Waals surface area contributed by atoms with Gasteiger partial charge < -0.3 is 5.32 Å². The van der Waals surface area contributed by atoms with Crippen molar-refractivity contribution in [3.05, 3.63) is 64.2 Å². The number of aryl methyl sites for hydroxylation is 1. The number of nitrogens with one attached hydrogen (secondary N) is 1. The molecule has 2 rings (SSSR count). The molecule has 21 heavy (non-hydrogen) atoms. The fourth-order valence-electron chi connectivity index (χ4n) is 2.28. The first-order valence-electron chi connectivity index (χ1n) is 7.19. The Hall–Kier alpha value is -1.98. The Morgan fingerprint density at radius 2 is 1.90 bits per heavy atom. The van der Waals surface area contributed by atoms with Gasteiger partial charge in [0.05, 0.1) is 22.3 Å². The molecule has 108 valence electrons. The van der Waals surface area contributed by atoms with E-state index < -0.39 is 0 Å². The minimum absolute atomic E-state index is 0.158. The van der Waals surface area contributed by atoms with Crippen LogP contribution in [0.2, 0.25) is 5.02 Å². The third-order valence-electron chi connectivity index (χ3n) is 3.49. The highest BCUT2D eigenvalue weighted by Crippen LogP contribution is 2.27. The van der Waals surface area contributed by atoms with E-state index in [9.17, 15) is 0 Å². The lowest BCUT2D eigenvalue weighted by atomic mass is 10.0. The molecule has 0 radical (unpaired) electrons. The molecule has 0 saturated carbocycles. The molecule has 2 nitrogen and oxygen atoms in total. The van der Waals surface area contributed by atoms with Crippen molar-refractivity contribution in [1.82, 2.24) is 0 Å². The van der Waals surface area contributed by atoms with E-state index in [2.05, 4.69) is 49.5 Å². The molecule has 0 heterocycles. The van der Waals surface area contributed by atoms with Crippen molar-refractivity contribution >= 4 is 17.3 Å². The van der Waals surface area contributed by atoms with E-state index in [0.29, 0.717) is 10.6 Å². The van der Waals surface area contributed by atoms with Crippen LogP contribution in [0, 0.1) is 11.3 Å². The van der Waals surface area contributed by atoms with Crippen LogP contribution in [0.15, 0.2) is 42.5 Å². The van der Waals surface area contributed by atoms with Gasteiger partial charge in [-0.3, -0.25) is 0 Å². The summed E-state index contributed by atoms with van der Waals surface area (Å²) in [7, 11) is 0. The number of rotatable bonds is 5. The van der Waals surface area contributed by atoms with Gasteiger partial charge in [0.25, 0.3) is 0 Å². The first-order chi connectivity index (χ1) is 10.1. The van der Waals surface area contributed by atoms with Gasteiger partial charge in [-0.15, -0.1) is 0 Å². The van der Waals surface area contributed by atoms with Gasteiger partial charge in [0.2, 0.25) is 0 Å². The first-order valence-corrected chi connectivity index (χ1v) is 7.57. The first kappa shape index (κ1) is 15.4. The predicted octanol–water partition coefficient (Wildman–Crippen LogP) is 5.34. The lowest BCUT2D eigenvalue weighted by Crippen LogP contribution is -2.07. The maximum Gasteiger partial charge on any atom is 0.0992 e. The smallest absolute Gasteiger partial charge is 0.0992 e. The molecular weight excluding hydrogens is 280 g/mol. The molecule has 2 aromatic carbocycles. The van der Waals surface area contributed by atoms with Crippen LogP contribution in [0.25, 0.3) is 0 Å². The molecule has 1 unspecified atom stereocenters. The van der Waals surface area contributed by atoms with Gasteiger partial charge >= 0.3 is 0 Å². The van der Waals surface area contributed by atoms with Crippen LogP contribution in [-0.4, -0.2) is 0 Å². The van der Waals surface area contributed by atoms with Gasteiger partial charge in [-0.1, -0.05) is 49.2 Å². The Morgan fingerprint density at radius 1 is 1.19 bits per heavy atom. The monoisotopic (exact) mass is 298 g/mol. The van der Waals surface area contributed by atoms with Crippen LogP contribution in [0.4, 0.5) is 5.69 Å². The standard InChI is InChI=1S/C18H19ClN2/c1-3-4-14-5-8-16(9-6-14)13(2)21-18-10-7-15(12-20)11-17(18)19/h5-11,13,21H,3-4H2,1-2H3. The molecule has 0 aromatic heterocycles. The highest BCUT2D eigenvalue weighted by atomic mass is 35.5. The average Bonchev–Trinajstić information content (AvgIpc) is 2.50. The van der Waals surface area contributed by atoms with Crippen molar-refractivity contribution in [1.29, 1.82) is 5.26 Å². The second-order valence-electron chi connectivity index (χ2n) is 5.16. The summed E-state index contributed by atoms with van der Waals surface area (Å²) in [5.41, 5.74) is 4.00. The van der Waals surface area contributed by atoms with Crippen molar-refractivity contribution in [2.45, 2.75) is 32.7 Å². The zero-order chi connectivity index (χ0) is 15.2. The van der Waals surface area contributed by atoms with E-state index >= 15 is 0 Å². The number of halogens is 1. The van der Waals surface area contributed by atoms with Crippen molar-refractivity contribution in [2.75, 3.05) is 5.32 Å². The number of hydrogen-bond acceptors (Lipinski definition) is 2. The van der Waals surface area contributed by atoms with Crippen LogP contribution in [0.3, 0.4) is 0 Å². The van der Waals surface area contributed by atoms with E-state index in [1.807, 2.05) is 6.07 Å². The normalized spacial score (nSPS) is 11.7. The minimum atomic E-state index is 0.158. The summed E-state index contributed by atoms with van der Waals surface area (Å²) in [4.78, 5) is 0. The van der Waals surface area contributed by atoms with Gasteiger partial charge in [-0.25, -0.2) is 0 Å². The summed E-state index contributed by atoms with van der Waals surface area (Å²) in [6.07, 6.45) is 2.28. The van der Waals surface area contributed by atoms with E-state index in [-0.39, 0.29) is 6.04 Å². The zero-order valence-corrected chi connectivity index (χ0v) is 13.1. The van der Waals surface area contributed by atoms with E-state index in [1.165, 1.54) is 11.1 Å². The molecule has 0 bridgehead atoms. The Morgan fingerprint density at radius 3 is 2.48 bits per heavy atom. The van der Waals surface area contributed by atoms with Gasteiger partial charge in [0, 0.05) is 6.04 Å². The van der Waals surface area contributed by atoms with Gasteiger partial charge in [-0.2, -0.15) is 5.26 Å². The largest absolute Gasteiger partial charge is 0.377 e. The quantitative estimate of drug-likeness (QED) is 0.809. The van der Waals surface area contributed by atoms with Crippen molar-refractivity contribution in [3.63, 3.8) is 0 Å². The Labute approximate surface area is 131 Å². The maximum absolute atomic E-state index is 8.85. The van der Waals surface area contributed by atoms with Crippen molar-refractivity contribution in [3.8, 4) is 6.07 Å². The molecular formula is C18H19ClN2. The molecule has 0 saturated heterocycles. The molecule has 0 fully saturated rings. The number of nitriles is 1. The van der Waals surface area contributed by atoms with Crippen LogP contribution in [-0.2, 0) is 6.42 Å². The highest BCUT2D eigenvalue weighted by molar-refractivity contribution is 6.33. The summed E-state index contributed by atoms with van der Waals surface area (Å²) in [5.74, 6) is 0. The average molecular weight is 299 g/mol. The van der Waals surface area contributed by atoms with Crippen molar-refractivity contribution < 1.29 is 0 Å². The summed E-state index contributed by atoms with van der Waals surface area (Å²) < 4.78 is 0. The SMILES string of the molecule is CCCc1ccc(C(C)Nc2ccc(C#N)cc2Cl)cc1. The van der Waals surface area contributed by atoms with E-state index in [0.717, 1.165) is 18.5 Å². The third-order valence-corrected chi connectivity index (χ3v) is 3.80. The number of benzene rings is 2. The fourth-order valence-corrected chi connectivity index (χ4v) is 2.52. The molecule has 3 heteroatoms. The van der Waals surface area contributed by atoms with Crippen LogP contribution < -0.4 is 5.32 Å². The number of anilines is 1. The van der Waals surface area contributed by atoms with Gasteiger partial charge in [-0.05, 0) is 42.7 Å². The molecule has 0 aliphatic rings. The second kappa shape index (κ2) is 7.15. The molecule has 0 spiro atoms. The van der Waals surface area contributed by atoms with Crippen LogP contribution in [0.1, 0.15) is 43.0 Å². The summed E-state index contributed by atoms with van der Waals surface area (Å²) in [6.45, 7) is 4.29. The van der Waals surface area contributed by atoms with Gasteiger partial charge in [0.1, 0.15) is 0 Å². The van der Waals surface area contributed by atoms with Crippen LogP contribution >= 0.6 is 11.6 Å². The predicted molar refractivity (Wildman–Crippen MR) is 88.6 cm³/mol. The summed E-state index contributed by atoms with van der Waals surface area (Å²) in [5, 5.41) is 12.8.